The van der Waals surface area contributed by atoms with Crippen LogP contribution in [-0.2, 0) is 37.3 Å². The number of aromatic carboxylic acids is 1. The van der Waals surface area contributed by atoms with Crippen molar-refractivity contribution in [3.63, 3.8) is 0 Å². The van der Waals surface area contributed by atoms with E-state index >= 15 is 0 Å². The molecule has 2 heterocycles. The first kappa shape index (κ1) is 133. The van der Waals surface area contributed by atoms with Gasteiger partial charge in [-0.2, -0.15) is 5.90 Å². The molecule has 148 heavy (non-hydrogen) atoms. The van der Waals surface area contributed by atoms with Gasteiger partial charge in [0.15, 0.2) is 34.5 Å². The number of alkyl halides is 1. The molecule has 0 fully saturated rings. The molecule has 1 amide bonds. The van der Waals surface area contributed by atoms with Gasteiger partial charge in [0, 0.05) is 83.0 Å². The number of rotatable bonds is 40. The monoisotopic (exact) mass is 2480 g/mol. The van der Waals surface area contributed by atoms with Crippen molar-refractivity contribution in [3.8, 4) is 11.5 Å². The van der Waals surface area contributed by atoms with Gasteiger partial charge in [0.2, 0.25) is 10.9 Å². The molecule has 2 aromatic heterocycles. The summed E-state index contributed by atoms with van der Waals surface area (Å²) in [6.45, 7) is 33.7. The summed E-state index contributed by atoms with van der Waals surface area (Å²) in [4.78, 5) is 101. The first-order chi connectivity index (χ1) is 70.5. The standard InChI is InChI=1S/C18H20N2O3.C16H15Br.C16H16O.C16H14O.C13H9IO.C13H11NO4.C7H6N2O4.C5H11N.3C4H9.C3H5.BBr3.B.Na.Sn.H/c1-3-7-13(2)20-18(22)16-17(15(21)10-11-19-16)23-12-14-8-5-4-6-9-14;3*1-2-8-13-9-6-7-12-15(13)16(17)14-10-4-3-5-11-14;14-12-9-5-4-8-11(12)13(15)10-6-2-1-3-7-10;15-10-6-7-14-11(13(16)17)12(10)18-8-9-4-2-1-3-5-9;8-13-7(10)5-1-3-6(4-2-5)9(11)12;1-3-4-5(2)6;3*1-3-4-2;1-3-2;2-1(3)4;;;;/h3-6,8-11,13H,1,7,12H2,2H3,(H,19,21)(H,20,22);2-7,9-12,16H,1,8H2;2-7,9-12,16-17H,1,8H2;2-7,9-12H,1,8H2;1-9H;1-7H,8H2,(H,14,15)(H,16,17);1-4H,8H2;3,5H,1,4,6H2,2H3;3*1,3-4H2,2H3;3H,1-2H2;;;;;/q;;;;;;;;;;;;;;+1;;-1. The van der Waals surface area contributed by atoms with E-state index in [-0.39, 0.29) is 130 Å². The number of halogens is 5. The largest absolute Gasteiger partial charge is 1.00 e. The molecule has 0 bridgehead atoms. The van der Waals surface area contributed by atoms with Crippen molar-refractivity contribution in [2.75, 3.05) is 0 Å². The first-order valence-electron chi connectivity index (χ1n) is 47.9. The molecule has 3 radical (unpaired) electrons. The van der Waals surface area contributed by atoms with Crippen molar-refractivity contribution in [1.29, 1.82) is 0 Å². The number of aliphatic hydroxyl groups excluding tert-OH is 1. The predicted octanol–water partition coefficient (Wildman–Crippen LogP) is 26.3. The fourth-order valence-corrected chi connectivity index (χ4v) is 30.9. The Kier molecular flexibility index (Phi) is 71.1. The fourth-order valence-electron chi connectivity index (χ4n) is 14.4. The van der Waals surface area contributed by atoms with Crippen LogP contribution in [0.25, 0.3) is 0 Å². The van der Waals surface area contributed by atoms with Crippen LogP contribution in [0.2, 0.25) is 17.7 Å². The van der Waals surface area contributed by atoms with Gasteiger partial charge >= 0.3 is 153 Å². The maximum absolute atomic E-state index is 12.3. The van der Waals surface area contributed by atoms with Gasteiger partial charge in [-0.15, -0.1) is 80.2 Å². The Morgan fingerprint density at radius 3 is 1.28 bits per heavy atom. The van der Waals surface area contributed by atoms with Crippen LogP contribution in [0.3, 0.4) is 0 Å². The number of pyridine rings is 2. The second-order valence-corrected chi connectivity index (χ2v) is 55.6. The van der Waals surface area contributed by atoms with Gasteiger partial charge in [-0.1, -0.05) is 313 Å². The normalized spacial score (nSPS) is 10.7. The first-order valence-corrected chi connectivity index (χ1v) is 60.7. The molecular weight excluding hydrogens is 2350 g/mol. The third-order valence-corrected chi connectivity index (χ3v) is 39.1. The van der Waals surface area contributed by atoms with Gasteiger partial charge in [0.25, 0.3) is 11.6 Å². The summed E-state index contributed by atoms with van der Waals surface area (Å²) in [5.74, 6) is 2.30. The summed E-state index contributed by atoms with van der Waals surface area (Å²) >= 11 is 13.5. The van der Waals surface area contributed by atoms with Crippen LogP contribution in [0, 0.1) is 13.7 Å². The Morgan fingerprint density at radius 1 is 0.500 bits per heavy atom. The number of nitro groups is 1. The minimum atomic E-state index is -1.78. The second kappa shape index (κ2) is 79.1. The van der Waals surface area contributed by atoms with E-state index < -0.39 is 46.8 Å². The SMILES string of the molecule is BrB(Br)Br.C=CCC(C)N.C=CCC(C)NC(=O)c1[nH]ccc(=O)c1OCc1ccccc1.C=CCc1ccccc1C(=O)c1ccccc1.C=CCc1ccccc1C(Br)c1ccccc1.C=CCc1ccccc1C(O)c1ccccc1.C=C[CH2][Sn]([CH2]CCC)([CH2]CCC)[CH2]CCC.NOC(=O)c1ccc([N+](=O)[O-])cc1.O=C(O)c1[nH]ccc(=O)c1OCc1ccccc1.O=C(c1ccccc1)c1ccccc1I.[B].[H-].[Na+]. The summed E-state index contributed by atoms with van der Waals surface area (Å²) in [5, 5.41) is 32.3. The third-order valence-electron chi connectivity index (χ3n) is 21.8. The number of hydrogen-bond acceptors (Lipinski definition) is 15. The Morgan fingerprint density at radius 2 is 0.872 bits per heavy atom. The number of unbranched alkanes of at least 4 members (excludes halogenated alkanes) is 3. The number of amides is 1. The molecule has 0 saturated carbocycles. The van der Waals surface area contributed by atoms with E-state index in [9.17, 15) is 48.8 Å². The fraction of sp³-hybridized carbons (Fsp3) is 0.218. The summed E-state index contributed by atoms with van der Waals surface area (Å²) < 4.78 is 18.4. The van der Waals surface area contributed by atoms with E-state index in [1.807, 2.05) is 269 Å². The second-order valence-electron chi connectivity index (χ2n) is 33.1. The molecule has 9 N–H and O–H groups in total. The third kappa shape index (κ3) is 51.5. The van der Waals surface area contributed by atoms with E-state index in [0.717, 1.165) is 84.9 Å². The molecule has 0 aliphatic heterocycles. The van der Waals surface area contributed by atoms with E-state index in [1.54, 1.807) is 19.4 Å². The number of aliphatic hydroxyl groups is 1. The van der Waals surface area contributed by atoms with Gasteiger partial charge in [-0.25, -0.2) is 9.59 Å². The number of carboxylic acids is 1. The van der Waals surface area contributed by atoms with Gasteiger partial charge in [0.1, 0.15) is 19.3 Å². The molecule has 13 rings (SSSR count). The molecule has 4 atom stereocenters. The summed E-state index contributed by atoms with van der Waals surface area (Å²) in [5.41, 5.74) is 17.2. The van der Waals surface area contributed by atoms with E-state index in [1.165, 1.54) is 108 Å². The number of non-ortho nitro benzene ring substituents is 1. The summed E-state index contributed by atoms with van der Waals surface area (Å²) in [6, 6.07) is 97.0. The molecule has 20 nitrogen and oxygen atoms in total. The maximum atomic E-state index is 12.3. The molecule has 4 unspecified atom stereocenters. The number of ketones is 2. The number of nitrogens with two attached hydrogens (primary N) is 2. The number of nitro benzene ring substituents is 1. The zero-order valence-electron chi connectivity index (χ0n) is 86.2. The number of carbonyl (C=O) groups is 5. The number of nitrogens with one attached hydrogen (secondary N) is 3. The van der Waals surface area contributed by atoms with Gasteiger partial charge in [-0.3, -0.25) is 34.1 Å². The molecule has 13 aromatic rings. The predicted molar refractivity (Wildman–Crippen MR) is 632 cm³/mol. The van der Waals surface area contributed by atoms with Gasteiger partial charge in [0.05, 0.1) is 15.3 Å². The van der Waals surface area contributed by atoms with Crippen LogP contribution in [0.1, 0.15) is 212 Å². The smallest absolute Gasteiger partial charge is 1.00 e. The quantitative estimate of drug-likeness (QED) is 0.00357. The molecule has 29 heteroatoms. The number of hydrogen-bond donors (Lipinski definition) is 7. The van der Waals surface area contributed by atoms with Crippen molar-refractivity contribution in [3.05, 3.63) is 527 Å². The van der Waals surface area contributed by atoms with E-state index in [0.29, 0.717) is 6.42 Å². The van der Waals surface area contributed by atoms with Gasteiger partial charge < -0.3 is 47.0 Å². The number of allylic oxidation sites excluding steroid dienone is 4. The van der Waals surface area contributed by atoms with Crippen LogP contribution >= 0.6 is 85.8 Å². The molecule has 0 spiro atoms. The molecule has 0 aliphatic carbocycles. The number of ether oxygens (including phenoxy) is 2. The average Bonchev–Trinajstić information content (AvgIpc) is 0.859. The van der Waals surface area contributed by atoms with Crippen LogP contribution in [0.15, 0.2) is 413 Å². The molecular formula is C119H135B2Br4IN6NaO14Sn. The number of nitrogens with zero attached hydrogens (tertiary/aromatic N) is 1. The molecule has 11 aromatic carbocycles. The van der Waals surface area contributed by atoms with Crippen LogP contribution in [0.5, 0.6) is 11.5 Å². The van der Waals surface area contributed by atoms with Gasteiger partial charge in [-0.05, 0) is 143 Å². The Bertz CT molecular complexity index is 6100. The van der Waals surface area contributed by atoms with Crippen LogP contribution < -0.4 is 66.8 Å². The Labute approximate surface area is 950 Å². The minimum Gasteiger partial charge on any atom is -1.00 e. The number of benzene rings is 11. The summed E-state index contributed by atoms with van der Waals surface area (Å²) in [6.07, 6.45) is 26.1. The average molecular weight is 2480 g/mol. The number of aromatic amines is 2. The Balaban J connectivity index is 0.000000840. The Hall–Kier alpha value is -11.0. The number of aromatic nitrogens is 2. The van der Waals surface area contributed by atoms with Crippen LogP contribution in [0.4, 0.5) is 5.69 Å². The van der Waals surface area contributed by atoms with Crippen molar-refractivity contribution >= 4 is 151 Å². The number of carboxylic acid groups (broad SMARTS) is 1. The van der Waals surface area contributed by atoms with Crippen LogP contribution in [-0.4, -0.2) is 96.6 Å². The maximum Gasteiger partial charge on any atom is 1.00 e. The zero-order chi connectivity index (χ0) is 107. The zero-order valence-corrected chi connectivity index (χ0v) is 98.5. The minimum absolute atomic E-state index is 0. The molecule has 0 saturated heterocycles. The van der Waals surface area contributed by atoms with Crippen molar-refractivity contribution < 1.29 is 84.4 Å². The van der Waals surface area contributed by atoms with Crippen molar-refractivity contribution in [1.82, 2.24) is 15.3 Å². The number of H-pyrrole nitrogens is 2. The van der Waals surface area contributed by atoms with Crippen molar-refractivity contribution in [2.24, 2.45) is 11.6 Å². The van der Waals surface area contributed by atoms with E-state index in [4.69, 9.17) is 20.3 Å². The number of carbonyl (C=O) groups excluding carboxylic acids is 4. The molecule has 0 aliphatic rings. The molecule has 771 valence electrons. The summed E-state index contributed by atoms with van der Waals surface area (Å²) in [7, 11) is 0. The van der Waals surface area contributed by atoms with E-state index in [2.05, 4.69) is 227 Å². The topological polar surface area (TPSA) is 326 Å². The van der Waals surface area contributed by atoms with Crippen molar-refractivity contribution in [2.45, 2.75) is 159 Å².